The summed E-state index contributed by atoms with van der Waals surface area (Å²) in [5.41, 5.74) is 5.49. The minimum Gasteiger partial charge on any atom is -0.390 e. The van der Waals surface area contributed by atoms with Crippen molar-refractivity contribution < 1.29 is 9.84 Å². The third-order valence-electron chi connectivity index (χ3n) is 2.15. The van der Waals surface area contributed by atoms with Crippen LogP contribution in [0.25, 0.3) is 0 Å². The number of aliphatic hydroxyl groups excluding tert-OH is 1. The smallest absolute Gasteiger partial charge is 0.123 e. The first kappa shape index (κ1) is 14.3. The van der Waals surface area contributed by atoms with Crippen LogP contribution in [0.5, 0.6) is 0 Å². The number of anilines is 1. The van der Waals surface area contributed by atoms with Crippen LogP contribution in [0.1, 0.15) is 19.8 Å². The Morgan fingerprint density at radius 2 is 2.35 bits per heavy atom. The summed E-state index contributed by atoms with van der Waals surface area (Å²) in [5, 5.41) is 9.67. The van der Waals surface area contributed by atoms with E-state index in [2.05, 4.69) is 11.9 Å². The number of nitrogens with zero attached hydrogens (tertiary/aromatic N) is 1. The number of unbranched alkanes of at least 4 members (excludes halogenated alkanes) is 1. The first-order valence-corrected chi connectivity index (χ1v) is 6.81. The lowest BCUT2D eigenvalue weighted by atomic mass is 10.3. The van der Waals surface area contributed by atoms with Gasteiger partial charge in [-0.3, -0.25) is 0 Å². The Hall–Kier alpha value is -0.780. The van der Waals surface area contributed by atoms with Crippen LogP contribution in [-0.4, -0.2) is 35.2 Å². The summed E-state index contributed by atoms with van der Waals surface area (Å²) in [6.07, 6.45) is 3.43. The second kappa shape index (κ2) is 8.33. The molecule has 0 aliphatic heterocycles. The molecule has 0 saturated heterocycles. The van der Waals surface area contributed by atoms with Crippen molar-refractivity contribution in [3.63, 3.8) is 0 Å². The third kappa shape index (κ3) is 6.51. The number of aliphatic hydroxyl groups is 1. The van der Waals surface area contributed by atoms with Gasteiger partial charge >= 0.3 is 0 Å². The average Bonchev–Trinajstić information content (AvgIpc) is 2.34. The highest BCUT2D eigenvalue weighted by atomic mass is 32.2. The van der Waals surface area contributed by atoms with Crippen LogP contribution in [-0.2, 0) is 4.74 Å². The maximum atomic E-state index is 9.67. The van der Waals surface area contributed by atoms with Crippen molar-refractivity contribution in [1.82, 2.24) is 4.98 Å². The zero-order valence-corrected chi connectivity index (χ0v) is 10.9. The molecule has 1 heterocycles. The molecule has 1 unspecified atom stereocenters. The molecule has 0 spiro atoms. The zero-order chi connectivity index (χ0) is 12.5. The minimum atomic E-state index is -0.436. The largest absolute Gasteiger partial charge is 0.390 e. The van der Waals surface area contributed by atoms with E-state index in [1.807, 2.05) is 6.07 Å². The first-order valence-electron chi connectivity index (χ1n) is 5.82. The molecule has 0 amide bonds. The van der Waals surface area contributed by atoms with Crippen LogP contribution in [0.4, 0.5) is 5.82 Å². The number of hydrogen-bond donors (Lipinski definition) is 2. The highest BCUT2D eigenvalue weighted by Gasteiger charge is 2.05. The molecule has 17 heavy (non-hydrogen) atoms. The van der Waals surface area contributed by atoms with E-state index in [0.29, 0.717) is 18.2 Å². The van der Waals surface area contributed by atoms with Gasteiger partial charge in [-0.25, -0.2) is 4.98 Å². The lowest BCUT2D eigenvalue weighted by Gasteiger charge is -2.10. The predicted octanol–water partition coefficient (Wildman–Crippen LogP) is 1.93. The van der Waals surface area contributed by atoms with E-state index in [4.69, 9.17) is 10.5 Å². The Labute approximate surface area is 107 Å². The average molecular weight is 256 g/mol. The molecular weight excluding hydrogens is 236 g/mol. The molecule has 0 bridgehead atoms. The zero-order valence-electron chi connectivity index (χ0n) is 10.1. The van der Waals surface area contributed by atoms with Crippen LogP contribution in [0.2, 0.25) is 0 Å². The molecular formula is C12H20N2O2S. The lowest BCUT2D eigenvalue weighted by Crippen LogP contribution is -2.18. The van der Waals surface area contributed by atoms with E-state index in [0.717, 1.165) is 24.3 Å². The van der Waals surface area contributed by atoms with Gasteiger partial charge in [0.15, 0.2) is 0 Å². The highest BCUT2D eigenvalue weighted by molar-refractivity contribution is 7.99. The van der Waals surface area contributed by atoms with Gasteiger partial charge in [-0.1, -0.05) is 13.3 Å². The van der Waals surface area contributed by atoms with Gasteiger partial charge in [-0.2, -0.15) is 0 Å². The summed E-state index contributed by atoms with van der Waals surface area (Å²) in [6.45, 7) is 3.24. The van der Waals surface area contributed by atoms with Crippen LogP contribution >= 0.6 is 11.8 Å². The molecule has 1 aromatic heterocycles. The Balaban J connectivity index is 2.14. The van der Waals surface area contributed by atoms with Gasteiger partial charge in [0.1, 0.15) is 5.82 Å². The number of ether oxygens (including phenoxy) is 1. The maximum absolute atomic E-state index is 9.67. The SMILES string of the molecule is CCCCOCC(O)CSc1ccc(N)nc1. The molecule has 0 fully saturated rings. The van der Waals surface area contributed by atoms with Crippen molar-refractivity contribution in [1.29, 1.82) is 0 Å². The van der Waals surface area contributed by atoms with E-state index in [9.17, 15) is 5.11 Å². The summed E-state index contributed by atoms with van der Waals surface area (Å²) in [4.78, 5) is 4.99. The molecule has 4 nitrogen and oxygen atoms in total. The Bertz CT molecular complexity index is 306. The molecule has 5 heteroatoms. The van der Waals surface area contributed by atoms with E-state index >= 15 is 0 Å². The quantitative estimate of drug-likeness (QED) is 0.549. The normalized spacial score (nSPS) is 12.6. The van der Waals surface area contributed by atoms with Gasteiger partial charge < -0.3 is 15.6 Å². The molecule has 0 saturated carbocycles. The van der Waals surface area contributed by atoms with Crippen molar-refractivity contribution in [2.45, 2.75) is 30.8 Å². The van der Waals surface area contributed by atoms with Crippen molar-refractivity contribution in [3.05, 3.63) is 18.3 Å². The standard InChI is InChI=1S/C12H20N2O2S/c1-2-3-6-16-8-10(15)9-17-11-4-5-12(13)14-7-11/h4-5,7,10,15H,2-3,6,8-9H2,1H3,(H2,13,14). The van der Waals surface area contributed by atoms with Gasteiger partial charge in [0.05, 0.1) is 12.7 Å². The van der Waals surface area contributed by atoms with Crippen LogP contribution in [0, 0.1) is 0 Å². The highest BCUT2D eigenvalue weighted by Crippen LogP contribution is 2.18. The maximum Gasteiger partial charge on any atom is 0.123 e. The Morgan fingerprint density at radius 3 is 3.00 bits per heavy atom. The minimum absolute atomic E-state index is 0.398. The number of thioether (sulfide) groups is 1. The molecule has 0 aliphatic rings. The second-order valence-electron chi connectivity index (χ2n) is 3.81. The number of pyridine rings is 1. The number of nitrogen functional groups attached to an aromatic ring is 1. The molecule has 1 rings (SSSR count). The molecule has 3 N–H and O–H groups in total. The number of nitrogens with two attached hydrogens (primary N) is 1. The Kier molecular flexibility index (Phi) is 7.00. The van der Waals surface area contributed by atoms with E-state index in [1.165, 1.54) is 0 Å². The van der Waals surface area contributed by atoms with E-state index in [-0.39, 0.29) is 0 Å². The summed E-state index contributed by atoms with van der Waals surface area (Å²) in [5.74, 6) is 1.12. The van der Waals surface area contributed by atoms with Crippen LogP contribution < -0.4 is 5.73 Å². The molecule has 0 aliphatic carbocycles. The number of aromatic nitrogens is 1. The molecule has 0 radical (unpaired) electrons. The first-order chi connectivity index (χ1) is 8.22. The van der Waals surface area contributed by atoms with Crippen molar-refractivity contribution in [2.24, 2.45) is 0 Å². The predicted molar refractivity (Wildman–Crippen MR) is 71.1 cm³/mol. The fourth-order valence-corrected chi connectivity index (χ4v) is 1.96. The molecule has 0 aromatic carbocycles. The van der Waals surface area contributed by atoms with Crippen molar-refractivity contribution in [2.75, 3.05) is 24.7 Å². The number of hydrogen-bond acceptors (Lipinski definition) is 5. The second-order valence-corrected chi connectivity index (χ2v) is 4.91. The molecule has 1 atom stereocenters. The summed E-state index contributed by atoms with van der Waals surface area (Å²) in [6, 6.07) is 3.66. The van der Waals surface area contributed by atoms with Gasteiger partial charge in [-0.15, -0.1) is 11.8 Å². The van der Waals surface area contributed by atoms with Crippen molar-refractivity contribution >= 4 is 17.6 Å². The van der Waals surface area contributed by atoms with Gasteiger partial charge in [0, 0.05) is 23.5 Å². The van der Waals surface area contributed by atoms with E-state index in [1.54, 1.807) is 24.0 Å². The fraction of sp³-hybridized carbons (Fsp3) is 0.583. The Morgan fingerprint density at radius 1 is 1.53 bits per heavy atom. The third-order valence-corrected chi connectivity index (χ3v) is 3.28. The monoisotopic (exact) mass is 256 g/mol. The summed E-state index contributed by atoms with van der Waals surface area (Å²) in [7, 11) is 0. The summed E-state index contributed by atoms with van der Waals surface area (Å²) < 4.78 is 5.34. The summed E-state index contributed by atoms with van der Waals surface area (Å²) >= 11 is 1.55. The number of rotatable bonds is 8. The topological polar surface area (TPSA) is 68.4 Å². The molecule has 1 aromatic rings. The van der Waals surface area contributed by atoms with Crippen LogP contribution in [0.15, 0.2) is 23.2 Å². The van der Waals surface area contributed by atoms with Crippen molar-refractivity contribution in [3.8, 4) is 0 Å². The van der Waals surface area contributed by atoms with E-state index < -0.39 is 6.10 Å². The molecule has 96 valence electrons. The fourth-order valence-electron chi connectivity index (χ4n) is 1.18. The lowest BCUT2D eigenvalue weighted by molar-refractivity contribution is 0.0473. The van der Waals surface area contributed by atoms with Gasteiger partial charge in [0.2, 0.25) is 0 Å². The van der Waals surface area contributed by atoms with Gasteiger partial charge in [0.25, 0.3) is 0 Å². The van der Waals surface area contributed by atoms with Crippen LogP contribution in [0.3, 0.4) is 0 Å². The van der Waals surface area contributed by atoms with Gasteiger partial charge in [-0.05, 0) is 18.6 Å².